The average molecular weight is 289 g/mol. The summed E-state index contributed by atoms with van der Waals surface area (Å²) in [6, 6.07) is 8.76. The molecule has 21 heavy (non-hydrogen) atoms. The molecular weight excluding hydrogens is 258 g/mol. The molecule has 1 fully saturated rings. The standard InChI is InChI=1S/C19H31NO/c1-15(2)13-20-14-17-7-5-4-6-8-19(17)16-9-11-18(21-3)12-10-16/h9-12,15,17,19-20H,4-8,13-14H2,1-3H3. The number of methoxy groups -OCH3 is 1. The van der Waals surface area contributed by atoms with E-state index in [2.05, 4.69) is 43.4 Å². The van der Waals surface area contributed by atoms with Crippen molar-refractivity contribution in [2.24, 2.45) is 11.8 Å². The molecule has 1 saturated carbocycles. The summed E-state index contributed by atoms with van der Waals surface area (Å²) >= 11 is 0. The lowest BCUT2D eigenvalue weighted by atomic mass is 9.82. The summed E-state index contributed by atoms with van der Waals surface area (Å²) in [5.74, 6) is 3.18. The summed E-state index contributed by atoms with van der Waals surface area (Å²) in [6.45, 7) is 6.85. The number of rotatable bonds is 6. The van der Waals surface area contributed by atoms with E-state index in [1.165, 1.54) is 37.7 Å². The second kappa shape index (κ2) is 8.43. The molecule has 0 aliphatic heterocycles. The molecule has 0 aromatic heterocycles. The molecule has 0 heterocycles. The number of hydrogen-bond acceptors (Lipinski definition) is 2. The third-order valence-corrected chi connectivity index (χ3v) is 4.66. The molecule has 1 aromatic carbocycles. The molecule has 1 aliphatic rings. The van der Waals surface area contributed by atoms with Crippen molar-refractivity contribution in [3.8, 4) is 5.75 Å². The van der Waals surface area contributed by atoms with Crippen LogP contribution in [-0.4, -0.2) is 20.2 Å². The van der Waals surface area contributed by atoms with Crippen molar-refractivity contribution in [2.75, 3.05) is 20.2 Å². The SMILES string of the molecule is COc1ccc(C2CCCCCC2CNCC(C)C)cc1. The maximum Gasteiger partial charge on any atom is 0.118 e. The predicted octanol–water partition coefficient (Wildman–Crippen LogP) is 4.60. The highest BCUT2D eigenvalue weighted by Crippen LogP contribution is 2.36. The second-order valence-corrected chi connectivity index (χ2v) is 6.83. The molecular formula is C19H31NO. The first-order valence-electron chi connectivity index (χ1n) is 8.55. The molecule has 0 amide bonds. The van der Waals surface area contributed by atoms with Gasteiger partial charge in [0.2, 0.25) is 0 Å². The third kappa shape index (κ3) is 5.03. The lowest BCUT2D eigenvalue weighted by Crippen LogP contribution is -2.29. The van der Waals surface area contributed by atoms with Gasteiger partial charge in [-0.2, -0.15) is 0 Å². The van der Waals surface area contributed by atoms with E-state index < -0.39 is 0 Å². The van der Waals surface area contributed by atoms with E-state index in [9.17, 15) is 0 Å². The van der Waals surface area contributed by atoms with Gasteiger partial charge in [-0.1, -0.05) is 45.2 Å². The summed E-state index contributed by atoms with van der Waals surface area (Å²) in [6.07, 6.45) is 6.85. The average Bonchev–Trinajstić information content (AvgIpc) is 2.72. The van der Waals surface area contributed by atoms with Gasteiger partial charge < -0.3 is 10.1 Å². The third-order valence-electron chi connectivity index (χ3n) is 4.66. The quantitative estimate of drug-likeness (QED) is 0.772. The highest BCUT2D eigenvalue weighted by atomic mass is 16.5. The lowest BCUT2D eigenvalue weighted by molar-refractivity contribution is 0.365. The van der Waals surface area contributed by atoms with E-state index in [0.29, 0.717) is 5.92 Å². The molecule has 1 N–H and O–H groups in total. The van der Waals surface area contributed by atoms with Crippen molar-refractivity contribution < 1.29 is 4.74 Å². The Balaban J connectivity index is 2.03. The van der Waals surface area contributed by atoms with Gasteiger partial charge in [-0.25, -0.2) is 0 Å². The van der Waals surface area contributed by atoms with Gasteiger partial charge in [0.15, 0.2) is 0 Å². The van der Waals surface area contributed by atoms with Crippen LogP contribution in [0.5, 0.6) is 5.75 Å². The van der Waals surface area contributed by atoms with Crippen LogP contribution in [0.25, 0.3) is 0 Å². The van der Waals surface area contributed by atoms with Gasteiger partial charge in [-0.3, -0.25) is 0 Å². The Morgan fingerprint density at radius 2 is 1.81 bits per heavy atom. The summed E-state index contributed by atoms with van der Waals surface area (Å²) in [5, 5.41) is 3.68. The fraction of sp³-hybridized carbons (Fsp3) is 0.684. The molecule has 2 rings (SSSR count). The van der Waals surface area contributed by atoms with Crippen molar-refractivity contribution in [1.82, 2.24) is 5.32 Å². The van der Waals surface area contributed by atoms with E-state index in [-0.39, 0.29) is 0 Å². The maximum absolute atomic E-state index is 5.29. The summed E-state index contributed by atoms with van der Waals surface area (Å²) < 4.78 is 5.29. The molecule has 118 valence electrons. The summed E-state index contributed by atoms with van der Waals surface area (Å²) in [7, 11) is 1.74. The zero-order valence-corrected chi connectivity index (χ0v) is 13.9. The maximum atomic E-state index is 5.29. The van der Waals surface area contributed by atoms with Crippen LogP contribution in [0.2, 0.25) is 0 Å². The minimum absolute atomic E-state index is 0.707. The second-order valence-electron chi connectivity index (χ2n) is 6.83. The first kappa shape index (κ1) is 16.4. The van der Waals surface area contributed by atoms with Gasteiger partial charge in [0.1, 0.15) is 5.75 Å². The monoisotopic (exact) mass is 289 g/mol. The molecule has 2 atom stereocenters. The molecule has 0 radical (unpaired) electrons. The molecule has 0 saturated heterocycles. The van der Waals surface area contributed by atoms with E-state index in [1.54, 1.807) is 7.11 Å². The Labute approximate surface area is 130 Å². The molecule has 2 nitrogen and oxygen atoms in total. The van der Waals surface area contributed by atoms with Crippen LogP contribution in [-0.2, 0) is 0 Å². The zero-order chi connectivity index (χ0) is 15.1. The minimum atomic E-state index is 0.707. The number of nitrogens with one attached hydrogen (secondary N) is 1. The fourth-order valence-corrected chi connectivity index (χ4v) is 3.48. The van der Waals surface area contributed by atoms with Crippen molar-refractivity contribution in [1.29, 1.82) is 0 Å². The van der Waals surface area contributed by atoms with Crippen LogP contribution in [0.15, 0.2) is 24.3 Å². The lowest BCUT2D eigenvalue weighted by Gasteiger charge is -2.26. The van der Waals surface area contributed by atoms with Gasteiger partial charge in [0.25, 0.3) is 0 Å². The Morgan fingerprint density at radius 3 is 2.48 bits per heavy atom. The highest BCUT2D eigenvalue weighted by Gasteiger charge is 2.24. The Kier molecular flexibility index (Phi) is 6.56. The molecule has 2 heteroatoms. The molecule has 2 unspecified atom stereocenters. The van der Waals surface area contributed by atoms with E-state index in [1.807, 2.05) is 0 Å². The smallest absolute Gasteiger partial charge is 0.118 e. The number of ether oxygens (including phenoxy) is 1. The van der Waals surface area contributed by atoms with Crippen molar-refractivity contribution >= 4 is 0 Å². The Bertz CT molecular complexity index is 399. The van der Waals surface area contributed by atoms with E-state index >= 15 is 0 Å². The topological polar surface area (TPSA) is 21.3 Å². The normalized spacial score (nSPS) is 23.0. The molecule has 1 aliphatic carbocycles. The van der Waals surface area contributed by atoms with Gasteiger partial charge in [-0.05, 0) is 61.4 Å². The number of hydrogen-bond donors (Lipinski definition) is 1. The predicted molar refractivity (Wildman–Crippen MR) is 90.0 cm³/mol. The first-order valence-corrected chi connectivity index (χ1v) is 8.55. The molecule has 0 bridgehead atoms. The van der Waals surface area contributed by atoms with Gasteiger partial charge >= 0.3 is 0 Å². The van der Waals surface area contributed by atoms with Crippen LogP contribution >= 0.6 is 0 Å². The van der Waals surface area contributed by atoms with Crippen LogP contribution in [0.1, 0.15) is 57.4 Å². The first-order chi connectivity index (χ1) is 10.2. The molecule has 0 spiro atoms. The van der Waals surface area contributed by atoms with Crippen molar-refractivity contribution in [2.45, 2.75) is 51.9 Å². The van der Waals surface area contributed by atoms with Crippen LogP contribution < -0.4 is 10.1 Å². The van der Waals surface area contributed by atoms with Gasteiger partial charge in [0.05, 0.1) is 7.11 Å². The Hall–Kier alpha value is -1.02. The highest BCUT2D eigenvalue weighted by molar-refractivity contribution is 5.30. The van der Waals surface area contributed by atoms with Crippen LogP contribution in [0.3, 0.4) is 0 Å². The van der Waals surface area contributed by atoms with E-state index in [0.717, 1.165) is 30.7 Å². The minimum Gasteiger partial charge on any atom is -0.497 e. The van der Waals surface area contributed by atoms with Gasteiger partial charge in [-0.15, -0.1) is 0 Å². The van der Waals surface area contributed by atoms with Crippen LogP contribution in [0, 0.1) is 11.8 Å². The van der Waals surface area contributed by atoms with Crippen molar-refractivity contribution in [3.05, 3.63) is 29.8 Å². The number of benzene rings is 1. The Morgan fingerprint density at radius 1 is 1.10 bits per heavy atom. The largest absolute Gasteiger partial charge is 0.497 e. The van der Waals surface area contributed by atoms with Crippen LogP contribution in [0.4, 0.5) is 0 Å². The van der Waals surface area contributed by atoms with Crippen molar-refractivity contribution in [3.63, 3.8) is 0 Å². The summed E-state index contributed by atoms with van der Waals surface area (Å²) in [5.41, 5.74) is 1.49. The van der Waals surface area contributed by atoms with E-state index in [4.69, 9.17) is 4.74 Å². The van der Waals surface area contributed by atoms with Gasteiger partial charge in [0, 0.05) is 0 Å². The summed E-state index contributed by atoms with van der Waals surface area (Å²) in [4.78, 5) is 0. The zero-order valence-electron chi connectivity index (χ0n) is 13.9. The molecule has 1 aromatic rings. The fourth-order valence-electron chi connectivity index (χ4n) is 3.48.